The summed E-state index contributed by atoms with van der Waals surface area (Å²) in [5, 5.41) is 5.08. The summed E-state index contributed by atoms with van der Waals surface area (Å²) in [4.78, 5) is 21.5. The van der Waals surface area contributed by atoms with Crippen molar-refractivity contribution in [3.8, 4) is 11.3 Å². The molecule has 0 aliphatic carbocycles. The number of benzene rings is 2. The van der Waals surface area contributed by atoms with Gasteiger partial charge >= 0.3 is 0 Å². The van der Waals surface area contributed by atoms with Crippen LogP contribution in [-0.2, 0) is 0 Å². The number of amides is 1. The lowest BCUT2D eigenvalue weighted by atomic mass is 10.1. The van der Waals surface area contributed by atoms with Crippen molar-refractivity contribution in [1.82, 2.24) is 15.0 Å². The molecule has 1 aliphatic heterocycles. The van der Waals surface area contributed by atoms with Crippen LogP contribution in [0.2, 0.25) is 0 Å². The summed E-state index contributed by atoms with van der Waals surface area (Å²) in [6.45, 7) is 2.88. The van der Waals surface area contributed by atoms with Crippen molar-refractivity contribution in [2.75, 3.05) is 31.1 Å². The number of carbonyl (C=O) groups excluding carboxylic acids is 1. The first-order valence-electron chi connectivity index (χ1n) is 9.70. The van der Waals surface area contributed by atoms with Crippen molar-refractivity contribution in [1.29, 1.82) is 0 Å². The van der Waals surface area contributed by atoms with Crippen LogP contribution in [-0.4, -0.2) is 47.1 Å². The highest BCUT2D eigenvalue weighted by molar-refractivity contribution is 6.00. The molecule has 0 spiro atoms. The molecule has 0 radical (unpaired) electrons. The van der Waals surface area contributed by atoms with Gasteiger partial charge in [0.05, 0.1) is 0 Å². The Hall–Kier alpha value is -3.67. The Morgan fingerprint density at radius 1 is 0.897 bits per heavy atom. The molecule has 5 rings (SSSR count). The first-order chi connectivity index (χ1) is 14.3. The van der Waals surface area contributed by atoms with E-state index in [0.29, 0.717) is 24.2 Å². The Morgan fingerprint density at radius 3 is 2.45 bits per heavy atom. The summed E-state index contributed by atoms with van der Waals surface area (Å²) in [6, 6.07) is 21.4. The van der Waals surface area contributed by atoms with Crippen molar-refractivity contribution in [3.63, 3.8) is 0 Å². The molecule has 2 aromatic heterocycles. The lowest BCUT2D eigenvalue weighted by Gasteiger charge is -2.35. The standard InChI is InChI=1S/C23H20N4O2/c28-23(27-14-12-26(13-15-27)21-8-4-5-11-24-21)18-9-10-19-20(16-18)25-29-22(19)17-6-2-1-3-7-17/h1-11,16H,12-15H2. The van der Waals surface area contributed by atoms with E-state index in [2.05, 4.69) is 15.0 Å². The molecular weight excluding hydrogens is 364 g/mol. The normalized spacial score (nSPS) is 14.3. The first kappa shape index (κ1) is 17.4. The summed E-state index contributed by atoms with van der Waals surface area (Å²) in [5.41, 5.74) is 2.30. The smallest absolute Gasteiger partial charge is 0.254 e. The van der Waals surface area contributed by atoms with Crippen molar-refractivity contribution in [3.05, 3.63) is 78.5 Å². The Labute approximate surface area is 168 Å². The van der Waals surface area contributed by atoms with Gasteiger partial charge in [-0.25, -0.2) is 4.98 Å². The predicted molar refractivity (Wildman–Crippen MR) is 112 cm³/mol. The molecule has 6 heteroatoms. The largest absolute Gasteiger partial charge is 0.355 e. The van der Waals surface area contributed by atoms with E-state index in [0.717, 1.165) is 35.6 Å². The van der Waals surface area contributed by atoms with Crippen LogP contribution < -0.4 is 4.90 Å². The number of anilines is 1. The minimum atomic E-state index is 0.0248. The lowest BCUT2D eigenvalue weighted by molar-refractivity contribution is 0.0746. The highest BCUT2D eigenvalue weighted by Gasteiger charge is 2.23. The average molecular weight is 384 g/mol. The number of pyridine rings is 1. The van der Waals surface area contributed by atoms with Crippen LogP contribution in [0.5, 0.6) is 0 Å². The van der Waals surface area contributed by atoms with Crippen LogP contribution in [0, 0.1) is 0 Å². The van der Waals surface area contributed by atoms with Gasteiger partial charge in [0, 0.05) is 48.9 Å². The van der Waals surface area contributed by atoms with Gasteiger partial charge in [0.2, 0.25) is 0 Å². The van der Waals surface area contributed by atoms with Crippen LogP contribution in [0.25, 0.3) is 22.2 Å². The maximum Gasteiger partial charge on any atom is 0.254 e. The Morgan fingerprint density at radius 2 is 1.69 bits per heavy atom. The van der Waals surface area contributed by atoms with E-state index in [1.54, 1.807) is 6.20 Å². The molecule has 1 saturated heterocycles. The zero-order chi connectivity index (χ0) is 19.6. The van der Waals surface area contributed by atoms with Gasteiger partial charge in [-0.1, -0.05) is 41.6 Å². The van der Waals surface area contributed by atoms with E-state index in [9.17, 15) is 4.79 Å². The van der Waals surface area contributed by atoms with Gasteiger partial charge in [0.15, 0.2) is 5.76 Å². The minimum absolute atomic E-state index is 0.0248. The van der Waals surface area contributed by atoms with Gasteiger partial charge in [0.1, 0.15) is 11.3 Å². The number of rotatable bonds is 3. The number of hydrogen-bond donors (Lipinski definition) is 0. The third-order valence-corrected chi connectivity index (χ3v) is 5.30. The summed E-state index contributed by atoms with van der Waals surface area (Å²) < 4.78 is 5.56. The number of fused-ring (bicyclic) bond motifs is 1. The topological polar surface area (TPSA) is 62.5 Å². The van der Waals surface area contributed by atoms with E-state index in [1.807, 2.05) is 71.6 Å². The van der Waals surface area contributed by atoms with E-state index < -0.39 is 0 Å². The third-order valence-electron chi connectivity index (χ3n) is 5.30. The number of aromatic nitrogens is 2. The van der Waals surface area contributed by atoms with Gasteiger partial charge in [0.25, 0.3) is 5.91 Å². The monoisotopic (exact) mass is 384 g/mol. The second kappa shape index (κ2) is 7.39. The molecule has 0 bridgehead atoms. The minimum Gasteiger partial charge on any atom is -0.355 e. The molecule has 0 atom stereocenters. The van der Waals surface area contributed by atoms with Gasteiger partial charge < -0.3 is 14.3 Å². The highest BCUT2D eigenvalue weighted by atomic mass is 16.5. The van der Waals surface area contributed by atoms with Gasteiger partial charge in [-0.15, -0.1) is 0 Å². The van der Waals surface area contributed by atoms with Crippen LogP contribution >= 0.6 is 0 Å². The predicted octanol–water partition coefficient (Wildman–Crippen LogP) is 3.85. The van der Waals surface area contributed by atoms with Gasteiger partial charge in [-0.05, 0) is 30.3 Å². The molecule has 29 heavy (non-hydrogen) atoms. The zero-order valence-electron chi connectivity index (χ0n) is 15.9. The molecule has 1 aliphatic rings. The van der Waals surface area contributed by atoms with Crippen LogP contribution in [0.15, 0.2) is 77.4 Å². The fourth-order valence-electron chi connectivity index (χ4n) is 3.74. The maximum absolute atomic E-state index is 13.0. The molecular formula is C23H20N4O2. The first-order valence-corrected chi connectivity index (χ1v) is 9.70. The van der Waals surface area contributed by atoms with Crippen LogP contribution in [0.3, 0.4) is 0 Å². The molecule has 6 nitrogen and oxygen atoms in total. The lowest BCUT2D eigenvalue weighted by Crippen LogP contribution is -2.49. The van der Waals surface area contributed by atoms with E-state index in [4.69, 9.17) is 4.52 Å². The number of carbonyl (C=O) groups is 1. The van der Waals surface area contributed by atoms with Crippen molar-refractivity contribution in [2.45, 2.75) is 0 Å². The molecule has 0 saturated carbocycles. The Kier molecular flexibility index (Phi) is 4.44. The Balaban J connectivity index is 1.33. The van der Waals surface area contributed by atoms with Crippen LogP contribution in [0.1, 0.15) is 10.4 Å². The molecule has 4 aromatic rings. The summed E-state index contributed by atoms with van der Waals surface area (Å²) in [5.74, 6) is 1.71. The highest BCUT2D eigenvalue weighted by Crippen LogP contribution is 2.29. The van der Waals surface area contributed by atoms with E-state index in [1.165, 1.54) is 0 Å². The Bertz CT molecular complexity index is 1130. The fourth-order valence-corrected chi connectivity index (χ4v) is 3.74. The SMILES string of the molecule is O=C(c1ccc2c(-c3ccccc3)onc2c1)N1CCN(c2ccccn2)CC1. The molecule has 2 aromatic carbocycles. The van der Waals surface area contributed by atoms with Crippen molar-refractivity contribution in [2.24, 2.45) is 0 Å². The second-order valence-corrected chi connectivity index (χ2v) is 7.08. The van der Waals surface area contributed by atoms with E-state index in [-0.39, 0.29) is 5.91 Å². The summed E-state index contributed by atoms with van der Waals surface area (Å²) in [6.07, 6.45) is 1.80. The maximum atomic E-state index is 13.0. The average Bonchev–Trinajstić information content (AvgIpc) is 3.23. The fraction of sp³-hybridized carbons (Fsp3) is 0.174. The second-order valence-electron chi connectivity index (χ2n) is 7.08. The molecule has 1 amide bonds. The van der Waals surface area contributed by atoms with Crippen molar-refractivity contribution >= 4 is 22.6 Å². The van der Waals surface area contributed by atoms with Gasteiger partial charge in [-0.2, -0.15) is 0 Å². The summed E-state index contributed by atoms with van der Waals surface area (Å²) in [7, 11) is 0. The number of hydrogen-bond acceptors (Lipinski definition) is 5. The van der Waals surface area contributed by atoms with Crippen molar-refractivity contribution < 1.29 is 9.32 Å². The van der Waals surface area contributed by atoms with E-state index >= 15 is 0 Å². The molecule has 144 valence electrons. The molecule has 0 unspecified atom stereocenters. The molecule has 3 heterocycles. The zero-order valence-corrected chi connectivity index (χ0v) is 15.9. The quantitative estimate of drug-likeness (QED) is 0.537. The van der Waals surface area contributed by atoms with Gasteiger partial charge in [-0.3, -0.25) is 4.79 Å². The number of piperazine rings is 1. The number of nitrogens with zero attached hydrogens (tertiary/aromatic N) is 4. The molecule has 0 N–H and O–H groups in total. The third kappa shape index (κ3) is 3.33. The van der Waals surface area contributed by atoms with Crippen LogP contribution in [0.4, 0.5) is 5.82 Å². The summed E-state index contributed by atoms with van der Waals surface area (Å²) >= 11 is 0. The molecule has 1 fully saturated rings.